The number of hydrazone groups is 1. The van der Waals surface area contributed by atoms with Crippen LogP contribution in [0.5, 0.6) is 0 Å². The molecule has 34 heavy (non-hydrogen) atoms. The van der Waals surface area contributed by atoms with Crippen LogP contribution >= 0.6 is 15.9 Å². The van der Waals surface area contributed by atoms with E-state index in [1.165, 1.54) is 44.1 Å². The van der Waals surface area contributed by atoms with Gasteiger partial charge >= 0.3 is 0 Å². The molecular weight excluding hydrogens is 494 g/mol. The Bertz CT molecular complexity index is 1110. The molecule has 9 heteroatoms. The summed E-state index contributed by atoms with van der Waals surface area (Å²) in [6.45, 7) is 5.99. The first-order valence-corrected chi connectivity index (χ1v) is 12.9. The molecule has 1 aromatic carbocycles. The maximum Gasteiger partial charge on any atom is 0.250 e. The van der Waals surface area contributed by atoms with Crippen molar-refractivity contribution in [1.29, 1.82) is 0 Å². The molecule has 2 aromatic heterocycles. The predicted molar refractivity (Wildman–Crippen MR) is 140 cm³/mol. The van der Waals surface area contributed by atoms with Gasteiger partial charge in [0.15, 0.2) is 0 Å². The lowest BCUT2D eigenvalue weighted by Crippen LogP contribution is -2.34. The molecule has 2 saturated heterocycles. The highest BCUT2D eigenvalue weighted by Gasteiger charge is 2.20. The van der Waals surface area contributed by atoms with Crippen molar-refractivity contribution in [3.05, 3.63) is 46.1 Å². The van der Waals surface area contributed by atoms with Crippen molar-refractivity contribution in [2.75, 3.05) is 41.4 Å². The van der Waals surface area contributed by atoms with Gasteiger partial charge in [0.1, 0.15) is 11.5 Å². The average Bonchev–Trinajstić information content (AvgIpc) is 3.33. The van der Waals surface area contributed by atoms with Crippen LogP contribution in [0.3, 0.4) is 0 Å². The molecule has 0 atom stereocenters. The largest absolute Gasteiger partial charge is 0.455 e. The number of nitrogens with zero attached hydrogens (tertiary/aromatic N) is 6. The fourth-order valence-electron chi connectivity index (χ4n) is 4.42. The van der Waals surface area contributed by atoms with Crippen molar-refractivity contribution < 1.29 is 4.42 Å². The molecule has 178 valence electrons. The molecule has 0 radical (unpaired) electrons. The van der Waals surface area contributed by atoms with Crippen LogP contribution in [0.2, 0.25) is 0 Å². The van der Waals surface area contributed by atoms with Gasteiger partial charge < -0.3 is 14.2 Å². The van der Waals surface area contributed by atoms with Crippen LogP contribution in [0.1, 0.15) is 49.8 Å². The molecule has 8 nitrogen and oxygen atoms in total. The number of hydrogen-bond donors (Lipinski definition) is 1. The van der Waals surface area contributed by atoms with Gasteiger partial charge in [-0.1, -0.05) is 22.0 Å². The molecule has 2 aliphatic heterocycles. The van der Waals surface area contributed by atoms with E-state index in [2.05, 4.69) is 65.3 Å². The number of furan rings is 1. The Labute approximate surface area is 208 Å². The molecular formula is C25H30BrN7O. The van der Waals surface area contributed by atoms with Crippen LogP contribution in [-0.2, 0) is 0 Å². The summed E-state index contributed by atoms with van der Waals surface area (Å²) in [6, 6.07) is 10.0. The van der Waals surface area contributed by atoms with Crippen molar-refractivity contribution in [1.82, 2.24) is 15.0 Å². The van der Waals surface area contributed by atoms with E-state index in [4.69, 9.17) is 9.40 Å². The third-order valence-corrected chi connectivity index (χ3v) is 6.92. The van der Waals surface area contributed by atoms with Crippen LogP contribution < -0.4 is 15.2 Å². The maximum atomic E-state index is 5.98. The second-order valence-corrected chi connectivity index (χ2v) is 9.76. The van der Waals surface area contributed by atoms with Gasteiger partial charge in [-0.05, 0) is 75.3 Å². The minimum Gasteiger partial charge on any atom is -0.455 e. The third-order valence-electron chi connectivity index (χ3n) is 6.26. The highest BCUT2D eigenvalue weighted by Crippen LogP contribution is 2.30. The number of anilines is 3. The van der Waals surface area contributed by atoms with E-state index in [0.717, 1.165) is 53.9 Å². The van der Waals surface area contributed by atoms with E-state index in [1.807, 2.05) is 18.2 Å². The molecule has 5 rings (SSSR count). The Balaban J connectivity index is 1.33. The monoisotopic (exact) mass is 523 g/mol. The Morgan fingerprint density at radius 1 is 0.882 bits per heavy atom. The Hall–Kier alpha value is -2.94. The Morgan fingerprint density at radius 3 is 2.15 bits per heavy atom. The lowest BCUT2D eigenvalue weighted by molar-refractivity contribution is 0.556. The van der Waals surface area contributed by atoms with Gasteiger partial charge in [-0.25, -0.2) is 5.43 Å². The number of aromatic nitrogens is 3. The van der Waals surface area contributed by atoms with Gasteiger partial charge in [0.2, 0.25) is 17.8 Å². The van der Waals surface area contributed by atoms with Crippen molar-refractivity contribution >= 4 is 40.0 Å². The van der Waals surface area contributed by atoms with E-state index in [9.17, 15) is 0 Å². The van der Waals surface area contributed by atoms with Crippen molar-refractivity contribution in [3.8, 4) is 11.3 Å². The molecule has 3 aromatic rings. The first-order chi connectivity index (χ1) is 16.7. The molecule has 0 spiro atoms. The van der Waals surface area contributed by atoms with E-state index in [-0.39, 0.29) is 0 Å². The molecule has 2 fully saturated rings. The summed E-state index contributed by atoms with van der Waals surface area (Å²) < 4.78 is 6.98. The lowest BCUT2D eigenvalue weighted by Gasteiger charge is -2.30. The highest BCUT2D eigenvalue weighted by atomic mass is 79.9. The number of halogens is 1. The fraction of sp³-hybridized carbons (Fsp3) is 0.440. The van der Waals surface area contributed by atoms with Crippen LogP contribution in [0.4, 0.5) is 17.8 Å². The number of hydrogen-bond acceptors (Lipinski definition) is 8. The van der Waals surface area contributed by atoms with Gasteiger partial charge in [0.05, 0.1) is 6.21 Å². The minimum absolute atomic E-state index is 0.459. The van der Waals surface area contributed by atoms with Gasteiger partial charge in [-0.15, -0.1) is 0 Å². The number of rotatable bonds is 6. The summed E-state index contributed by atoms with van der Waals surface area (Å²) >= 11 is 3.62. The quantitative estimate of drug-likeness (QED) is 0.331. The van der Waals surface area contributed by atoms with E-state index >= 15 is 0 Å². The summed E-state index contributed by atoms with van der Waals surface area (Å²) in [5, 5.41) is 4.36. The zero-order valence-corrected chi connectivity index (χ0v) is 21.1. The molecule has 2 aliphatic rings. The molecule has 4 heterocycles. The number of benzene rings is 1. The smallest absolute Gasteiger partial charge is 0.250 e. The zero-order chi connectivity index (χ0) is 23.3. The van der Waals surface area contributed by atoms with Gasteiger partial charge in [0, 0.05) is 36.2 Å². The van der Waals surface area contributed by atoms with Crippen LogP contribution in [-0.4, -0.2) is 47.3 Å². The van der Waals surface area contributed by atoms with Gasteiger partial charge in [0.25, 0.3) is 0 Å². The first-order valence-electron chi connectivity index (χ1n) is 12.1. The van der Waals surface area contributed by atoms with Crippen molar-refractivity contribution in [3.63, 3.8) is 0 Å². The number of nitrogens with one attached hydrogen (secondary N) is 1. The molecule has 1 N–H and O–H groups in total. The van der Waals surface area contributed by atoms with E-state index in [1.54, 1.807) is 6.21 Å². The van der Waals surface area contributed by atoms with Crippen LogP contribution in [0.15, 0.2) is 44.3 Å². The van der Waals surface area contributed by atoms with Crippen molar-refractivity contribution in [2.45, 2.75) is 45.4 Å². The summed E-state index contributed by atoms with van der Waals surface area (Å²) in [5.41, 5.74) is 5.20. The molecule has 0 saturated carbocycles. The normalized spacial score (nSPS) is 16.9. The van der Waals surface area contributed by atoms with E-state index < -0.39 is 0 Å². The standard InChI is InChI=1S/C25H30BrN7O/c1-18-8-10-20(21(26)16-18)22-11-9-19(34-22)17-27-31-23-28-24(32-12-4-2-5-13-32)30-25(29-23)33-14-6-3-7-15-33/h8-11,16-17H,2-7,12-15H2,1H3,(H,28,29,30,31)/b27-17+. The molecule has 0 unspecified atom stereocenters. The second kappa shape index (κ2) is 10.5. The second-order valence-electron chi connectivity index (χ2n) is 8.91. The molecule has 0 amide bonds. The molecule has 0 aliphatic carbocycles. The Morgan fingerprint density at radius 2 is 1.53 bits per heavy atom. The lowest BCUT2D eigenvalue weighted by atomic mass is 10.1. The van der Waals surface area contributed by atoms with Crippen LogP contribution in [0.25, 0.3) is 11.3 Å². The number of piperidine rings is 2. The predicted octanol–water partition coefficient (Wildman–Crippen LogP) is 5.63. The summed E-state index contributed by atoms with van der Waals surface area (Å²) in [5.74, 6) is 3.36. The Kier molecular flexibility index (Phi) is 7.08. The SMILES string of the molecule is Cc1ccc(-c2ccc(/C=N/Nc3nc(N4CCCCC4)nc(N4CCCCC4)n3)o2)c(Br)c1. The summed E-state index contributed by atoms with van der Waals surface area (Å²) in [6.07, 6.45) is 8.86. The topological polar surface area (TPSA) is 82.7 Å². The summed E-state index contributed by atoms with van der Waals surface area (Å²) in [4.78, 5) is 18.7. The minimum atomic E-state index is 0.459. The number of aryl methyl sites for hydroxylation is 1. The fourth-order valence-corrected chi connectivity index (χ4v) is 5.10. The van der Waals surface area contributed by atoms with Gasteiger partial charge in [-0.3, -0.25) is 0 Å². The molecule has 0 bridgehead atoms. The highest BCUT2D eigenvalue weighted by molar-refractivity contribution is 9.10. The zero-order valence-electron chi connectivity index (χ0n) is 19.5. The third kappa shape index (κ3) is 5.41. The van der Waals surface area contributed by atoms with E-state index in [0.29, 0.717) is 11.7 Å². The van der Waals surface area contributed by atoms with Crippen LogP contribution in [0, 0.1) is 6.92 Å². The van der Waals surface area contributed by atoms with Gasteiger partial charge in [-0.2, -0.15) is 20.1 Å². The summed E-state index contributed by atoms with van der Waals surface area (Å²) in [7, 11) is 0. The average molecular weight is 524 g/mol. The first kappa shape index (κ1) is 22.8. The van der Waals surface area contributed by atoms with Crippen molar-refractivity contribution in [2.24, 2.45) is 5.10 Å². The maximum absolute atomic E-state index is 5.98.